The van der Waals surface area contributed by atoms with Crippen LogP contribution in [0.15, 0.2) is 53.4 Å². The molecule has 0 heterocycles. The molecule has 122 valence electrons. The van der Waals surface area contributed by atoms with Crippen molar-refractivity contribution in [3.63, 3.8) is 0 Å². The Morgan fingerprint density at radius 2 is 1.70 bits per heavy atom. The molecule has 3 nitrogen and oxygen atoms in total. The lowest BCUT2D eigenvalue weighted by Crippen LogP contribution is -2.34. The first-order valence-electron chi connectivity index (χ1n) is 7.39. The van der Waals surface area contributed by atoms with Crippen LogP contribution < -0.4 is 5.32 Å². The van der Waals surface area contributed by atoms with Gasteiger partial charge in [0.05, 0.1) is 6.54 Å². The van der Waals surface area contributed by atoms with Gasteiger partial charge in [0, 0.05) is 23.0 Å². The molecule has 0 bridgehead atoms. The number of nitrogens with one attached hydrogen (secondary N) is 1. The maximum absolute atomic E-state index is 12.0. The van der Waals surface area contributed by atoms with E-state index in [2.05, 4.69) is 35.8 Å². The predicted molar refractivity (Wildman–Crippen MR) is 97.9 cm³/mol. The van der Waals surface area contributed by atoms with Crippen LogP contribution in [0.5, 0.6) is 0 Å². The van der Waals surface area contributed by atoms with E-state index in [1.165, 1.54) is 10.5 Å². The highest BCUT2D eigenvalue weighted by atomic mass is 35.5. The Balaban J connectivity index is 1.76. The van der Waals surface area contributed by atoms with Gasteiger partial charge in [-0.1, -0.05) is 35.9 Å². The van der Waals surface area contributed by atoms with Gasteiger partial charge in [-0.15, -0.1) is 11.8 Å². The van der Waals surface area contributed by atoms with Gasteiger partial charge in [0.1, 0.15) is 0 Å². The molecule has 0 saturated carbocycles. The molecular weight excluding hydrogens is 328 g/mol. The summed E-state index contributed by atoms with van der Waals surface area (Å²) in [5.74, 6) is 0.0168. The molecule has 2 rings (SSSR count). The van der Waals surface area contributed by atoms with Crippen molar-refractivity contribution < 1.29 is 4.79 Å². The molecule has 0 aliphatic heterocycles. The number of rotatable bonds is 7. The average Bonchev–Trinajstić information content (AvgIpc) is 2.55. The van der Waals surface area contributed by atoms with Crippen LogP contribution in [0.3, 0.4) is 0 Å². The van der Waals surface area contributed by atoms with E-state index in [0.717, 1.165) is 12.1 Å². The highest BCUT2D eigenvalue weighted by molar-refractivity contribution is 7.98. The summed E-state index contributed by atoms with van der Waals surface area (Å²) in [6, 6.07) is 15.9. The number of amides is 1. The van der Waals surface area contributed by atoms with Crippen LogP contribution in [0.4, 0.5) is 0 Å². The summed E-state index contributed by atoms with van der Waals surface area (Å²) < 4.78 is 0. The minimum absolute atomic E-state index is 0.0168. The quantitative estimate of drug-likeness (QED) is 0.772. The third kappa shape index (κ3) is 6.26. The largest absolute Gasteiger partial charge is 0.351 e. The number of hydrogen-bond donors (Lipinski definition) is 1. The monoisotopic (exact) mass is 348 g/mol. The van der Waals surface area contributed by atoms with Crippen LogP contribution in [-0.4, -0.2) is 30.7 Å². The number of carbonyl (C=O) groups is 1. The number of nitrogens with zero attached hydrogens (tertiary/aromatic N) is 1. The first kappa shape index (κ1) is 17.9. The maximum Gasteiger partial charge on any atom is 0.234 e. The van der Waals surface area contributed by atoms with Crippen LogP contribution in [0.1, 0.15) is 11.1 Å². The Bertz CT molecular complexity index is 628. The third-order valence-electron chi connectivity index (χ3n) is 3.43. The molecular formula is C18H21ClN2OS. The van der Waals surface area contributed by atoms with Gasteiger partial charge in [-0.05, 0) is 48.7 Å². The molecule has 0 atom stereocenters. The molecule has 0 aromatic heterocycles. The van der Waals surface area contributed by atoms with Gasteiger partial charge in [0.2, 0.25) is 5.91 Å². The third-order valence-corrected chi connectivity index (χ3v) is 4.42. The number of carbonyl (C=O) groups excluding carboxylic acids is 1. The normalized spacial score (nSPS) is 10.8. The number of thioether (sulfide) groups is 1. The Labute approximate surface area is 147 Å². The van der Waals surface area contributed by atoms with Crippen molar-refractivity contribution in [1.82, 2.24) is 10.2 Å². The van der Waals surface area contributed by atoms with Gasteiger partial charge in [-0.25, -0.2) is 0 Å². The van der Waals surface area contributed by atoms with Crippen LogP contribution >= 0.6 is 23.4 Å². The average molecular weight is 349 g/mol. The lowest BCUT2D eigenvalue weighted by molar-refractivity contribution is -0.122. The molecule has 0 spiro atoms. The Morgan fingerprint density at radius 3 is 2.30 bits per heavy atom. The van der Waals surface area contributed by atoms with Gasteiger partial charge in [0.25, 0.3) is 0 Å². The molecule has 0 unspecified atom stereocenters. The summed E-state index contributed by atoms with van der Waals surface area (Å²) in [6.07, 6.45) is 2.06. The number of hydrogen-bond acceptors (Lipinski definition) is 3. The van der Waals surface area contributed by atoms with Crippen LogP contribution in [0, 0.1) is 0 Å². The molecule has 0 saturated heterocycles. The Morgan fingerprint density at radius 1 is 1.09 bits per heavy atom. The van der Waals surface area contributed by atoms with E-state index < -0.39 is 0 Å². The number of likely N-dealkylation sites (N-methyl/N-ethyl adjacent to an activating group) is 1. The fourth-order valence-corrected chi connectivity index (χ4v) is 2.74. The summed E-state index contributed by atoms with van der Waals surface area (Å²) in [5, 5.41) is 3.63. The molecule has 23 heavy (non-hydrogen) atoms. The van der Waals surface area contributed by atoms with E-state index in [1.807, 2.05) is 36.2 Å². The molecule has 0 aliphatic carbocycles. The van der Waals surface area contributed by atoms with E-state index in [4.69, 9.17) is 11.6 Å². The number of halogens is 1. The lowest BCUT2D eigenvalue weighted by Gasteiger charge is -2.16. The van der Waals surface area contributed by atoms with Gasteiger partial charge in [-0.2, -0.15) is 0 Å². The van der Waals surface area contributed by atoms with Crippen molar-refractivity contribution >= 4 is 29.3 Å². The summed E-state index contributed by atoms with van der Waals surface area (Å²) >= 11 is 7.57. The summed E-state index contributed by atoms with van der Waals surface area (Å²) in [6.45, 7) is 1.65. The molecule has 0 fully saturated rings. The van der Waals surface area contributed by atoms with Crippen molar-refractivity contribution in [2.45, 2.75) is 18.0 Å². The van der Waals surface area contributed by atoms with E-state index in [9.17, 15) is 4.79 Å². The second kappa shape index (κ2) is 8.96. The summed E-state index contributed by atoms with van der Waals surface area (Å²) in [4.78, 5) is 15.3. The zero-order valence-electron chi connectivity index (χ0n) is 13.4. The smallest absolute Gasteiger partial charge is 0.234 e. The first-order chi connectivity index (χ1) is 11.1. The van der Waals surface area contributed by atoms with E-state index in [0.29, 0.717) is 18.1 Å². The lowest BCUT2D eigenvalue weighted by atomic mass is 10.2. The van der Waals surface area contributed by atoms with Crippen molar-refractivity contribution in [2.75, 3.05) is 19.8 Å². The molecule has 5 heteroatoms. The van der Waals surface area contributed by atoms with Crippen molar-refractivity contribution in [3.8, 4) is 0 Å². The zero-order valence-corrected chi connectivity index (χ0v) is 15.0. The second-order valence-corrected chi connectivity index (χ2v) is 6.74. The second-order valence-electron chi connectivity index (χ2n) is 5.42. The van der Waals surface area contributed by atoms with Gasteiger partial charge in [0.15, 0.2) is 0 Å². The van der Waals surface area contributed by atoms with Crippen LogP contribution in [0.2, 0.25) is 5.02 Å². The summed E-state index contributed by atoms with van der Waals surface area (Å²) in [7, 11) is 1.95. The molecule has 0 aliphatic rings. The standard InChI is InChI=1S/C18H21ClN2OS/c1-21(12-15-5-9-17(23-2)10-6-15)13-18(22)20-11-14-3-7-16(19)8-4-14/h3-10H,11-13H2,1-2H3,(H,20,22). The van der Waals surface area contributed by atoms with Gasteiger partial charge < -0.3 is 5.32 Å². The Kier molecular flexibility index (Phi) is 6.96. The van der Waals surface area contributed by atoms with Crippen LogP contribution in [0.25, 0.3) is 0 Å². The minimum Gasteiger partial charge on any atom is -0.351 e. The SMILES string of the molecule is CSc1ccc(CN(C)CC(=O)NCc2ccc(Cl)cc2)cc1. The molecule has 1 N–H and O–H groups in total. The fourth-order valence-electron chi connectivity index (χ4n) is 2.20. The Hall–Kier alpha value is -1.49. The van der Waals surface area contributed by atoms with Crippen molar-refractivity contribution in [3.05, 3.63) is 64.7 Å². The summed E-state index contributed by atoms with van der Waals surface area (Å²) in [5.41, 5.74) is 2.24. The molecule has 0 radical (unpaired) electrons. The van der Waals surface area contributed by atoms with E-state index >= 15 is 0 Å². The van der Waals surface area contributed by atoms with Crippen molar-refractivity contribution in [2.24, 2.45) is 0 Å². The van der Waals surface area contributed by atoms with Gasteiger partial charge in [-0.3, -0.25) is 9.69 Å². The highest BCUT2D eigenvalue weighted by Gasteiger charge is 2.07. The highest BCUT2D eigenvalue weighted by Crippen LogP contribution is 2.15. The molecule has 1 amide bonds. The van der Waals surface area contributed by atoms with Gasteiger partial charge >= 0.3 is 0 Å². The van der Waals surface area contributed by atoms with E-state index in [-0.39, 0.29) is 5.91 Å². The maximum atomic E-state index is 12.0. The minimum atomic E-state index is 0.0168. The molecule has 2 aromatic rings. The topological polar surface area (TPSA) is 32.3 Å². The predicted octanol–water partition coefficient (Wildman–Crippen LogP) is 3.81. The first-order valence-corrected chi connectivity index (χ1v) is 8.99. The number of benzene rings is 2. The van der Waals surface area contributed by atoms with Crippen LogP contribution in [-0.2, 0) is 17.9 Å². The molecule has 2 aromatic carbocycles. The van der Waals surface area contributed by atoms with E-state index in [1.54, 1.807) is 11.8 Å². The fraction of sp³-hybridized carbons (Fsp3) is 0.278. The zero-order chi connectivity index (χ0) is 16.7. The van der Waals surface area contributed by atoms with Crippen molar-refractivity contribution in [1.29, 1.82) is 0 Å².